The molecule has 0 radical (unpaired) electrons. The number of carbonyl (C=O) groups excluding carboxylic acids is 2. The van der Waals surface area contributed by atoms with E-state index in [2.05, 4.69) is 106 Å². The Balaban J connectivity index is 4.35. The second kappa shape index (κ2) is 52.4. The molecule has 0 aliphatic carbocycles. The molecule has 0 aromatic heterocycles. The fraction of sp³-hybridized carbons (Fsp3) is 0.719. The van der Waals surface area contributed by atoms with Crippen molar-refractivity contribution in [2.45, 2.75) is 245 Å². The average Bonchev–Trinajstić information content (AvgIpc) is 3.27. The van der Waals surface area contributed by atoms with E-state index in [1.54, 1.807) is 0 Å². The molecule has 0 rings (SSSR count). The Labute approximate surface area is 384 Å². The molecule has 0 aliphatic rings. The van der Waals surface area contributed by atoms with Crippen LogP contribution in [0.3, 0.4) is 0 Å². The summed E-state index contributed by atoms with van der Waals surface area (Å²) >= 11 is 0. The third-order valence-electron chi connectivity index (χ3n) is 10.9. The van der Waals surface area contributed by atoms with Crippen LogP contribution in [-0.4, -0.2) is 37.9 Å². The number of carbonyl (C=O) groups is 2. The largest absolute Gasteiger partial charge is 0.462 e. The molecule has 0 bridgehead atoms. The summed E-state index contributed by atoms with van der Waals surface area (Å²) in [6, 6.07) is 0. The summed E-state index contributed by atoms with van der Waals surface area (Å²) in [5.41, 5.74) is 0. The van der Waals surface area contributed by atoms with Gasteiger partial charge < -0.3 is 14.2 Å². The first-order chi connectivity index (χ1) is 30.6. The summed E-state index contributed by atoms with van der Waals surface area (Å²) in [4.78, 5) is 25.4. The van der Waals surface area contributed by atoms with Crippen LogP contribution in [0.2, 0.25) is 0 Å². The molecule has 356 valence electrons. The Hall–Kier alpha value is -2.92. The van der Waals surface area contributed by atoms with E-state index in [0.29, 0.717) is 19.4 Å². The minimum absolute atomic E-state index is 0.0629. The lowest BCUT2D eigenvalue weighted by atomic mass is 10.1. The summed E-state index contributed by atoms with van der Waals surface area (Å²) in [5.74, 6) is -0.439. The molecule has 0 aromatic carbocycles. The van der Waals surface area contributed by atoms with Gasteiger partial charge in [0.15, 0.2) is 6.10 Å². The van der Waals surface area contributed by atoms with E-state index in [1.807, 2.05) is 0 Å². The van der Waals surface area contributed by atoms with Gasteiger partial charge in [0.05, 0.1) is 6.61 Å². The number of rotatable bonds is 47. The smallest absolute Gasteiger partial charge is 0.306 e. The van der Waals surface area contributed by atoms with Crippen molar-refractivity contribution in [2.75, 3.05) is 19.8 Å². The van der Waals surface area contributed by atoms with E-state index >= 15 is 0 Å². The van der Waals surface area contributed by atoms with Gasteiger partial charge in [-0.25, -0.2) is 0 Å². The van der Waals surface area contributed by atoms with E-state index in [9.17, 15) is 9.59 Å². The van der Waals surface area contributed by atoms with Crippen LogP contribution in [0.1, 0.15) is 239 Å². The van der Waals surface area contributed by atoms with E-state index in [4.69, 9.17) is 14.2 Å². The standard InChI is InChI=1S/C57H98O5/c1-4-7-10-13-16-19-22-25-28-31-34-37-40-43-46-49-52-60-53-55(62-57(59)51-48-45-42-39-36-33-30-27-24-21-18-15-12-9-6-3)54-61-56(58)50-47-44-41-38-35-32-29-26-23-20-17-14-11-8-5-2/h8,11,16-21,25-30,55H,4-7,9-10,12-15,22-24,31-54H2,1-3H3/b11-8-,19-16-,20-17-,21-18-,28-25-,29-26-,30-27-. The number of unbranched alkanes of at least 4 members (excludes halogenated alkanes) is 22. The zero-order valence-corrected chi connectivity index (χ0v) is 40.9. The molecule has 0 aromatic rings. The molecule has 0 N–H and O–H groups in total. The van der Waals surface area contributed by atoms with Gasteiger partial charge in [-0.15, -0.1) is 0 Å². The predicted octanol–water partition coefficient (Wildman–Crippen LogP) is 17.7. The van der Waals surface area contributed by atoms with E-state index < -0.39 is 6.10 Å². The van der Waals surface area contributed by atoms with Crippen molar-refractivity contribution in [3.63, 3.8) is 0 Å². The SMILES string of the molecule is CC/C=C\C/C=C\C/C=C\CCCCCCCC(=O)OCC(COCCCCCCCC/C=C\C/C=C\CCCCC)OC(=O)CCCCCCC/C=C\C/C=C\CCCCC. The number of allylic oxidation sites excluding steroid dienone is 14. The average molecular weight is 863 g/mol. The van der Waals surface area contributed by atoms with Crippen LogP contribution in [-0.2, 0) is 23.8 Å². The van der Waals surface area contributed by atoms with Gasteiger partial charge in [0.2, 0.25) is 0 Å². The first-order valence-corrected chi connectivity index (χ1v) is 26.1. The first-order valence-electron chi connectivity index (χ1n) is 26.1. The molecule has 0 aliphatic heterocycles. The molecule has 5 heteroatoms. The minimum atomic E-state index is -0.560. The second-order valence-electron chi connectivity index (χ2n) is 17.0. The van der Waals surface area contributed by atoms with Gasteiger partial charge in [-0.1, -0.05) is 196 Å². The Morgan fingerprint density at radius 3 is 1.16 bits per heavy atom. The molecule has 0 fully saturated rings. The van der Waals surface area contributed by atoms with Crippen molar-refractivity contribution in [2.24, 2.45) is 0 Å². The normalized spacial score (nSPS) is 12.9. The first kappa shape index (κ1) is 59.1. The molecule has 1 atom stereocenters. The maximum absolute atomic E-state index is 12.8. The second-order valence-corrected chi connectivity index (χ2v) is 17.0. The van der Waals surface area contributed by atoms with E-state index in [-0.39, 0.29) is 25.2 Å². The summed E-state index contributed by atoms with van der Waals surface area (Å²) < 4.78 is 17.4. The van der Waals surface area contributed by atoms with Gasteiger partial charge in [0, 0.05) is 19.4 Å². The number of ether oxygens (including phenoxy) is 3. The maximum atomic E-state index is 12.8. The molecule has 0 saturated carbocycles. The van der Waals surface area contributed by atoms with Crippen LogP contribution in [0, 0.1) is 0 Å². The molecule has 0 spiro atoms. The summed E-state index contributed by atoms with van der Waals surface area (Å²) in [5, 5.41) is 0. The van der Waals surface area contributed by atoms with Crippen molar-refractivity contribution in [3.05, 3.63) is 85.1 Å². The quantitative estimate of drug-likeness (QED) is 0.0346. The zero-order valence-electron chi connectivity index (χ0n) is 40.9. The third-order valence-corrected chi connectivity index (χ3v) is 10.9. The molecule has 0 saturated heterocycles. The Morgan fingerprint density at radius 1 is 0.371 bits per heavy atom. The van der Waals surface area contributed by atoms with Gasteiger partial charge in [-0.2, -0.15) is 0 Å². The Morgan fingerprint density at radius 2 is 0.726 bits per heavy atom. The molecule has 5 nitrogen and oxygen atoms in total. The molecule has 1 unspecified atom stereocenters. The Bertz CT molecular complexity index is 1160. The molecular weight excluding hydrogens is 765 g/mol. The third kappa shape index (κ3) is 49.7. The lowest BCUT2D eigenvalue weighted by Crippen LogP contribution is -2.30. The topological polar surface area (TPSA) is 61.8 Å². The monoisotopic (exact) mass is 863 g/mol. The predicted molar refractivity (Wildman–Crippen MR) is 270 cm³/mol. The van der Waals surface area contributed by atoms with Gasteiger partial charge >= 0.3 is 11.9 Å². The minimum Gasteiger partial charge on any atom is -0.462 e. The molecular formula is C57H98O5. The van der Waals surface area contributed by atoms with E-state index in [1.165, 1.54) is 109 Å². The van der Waals surface area contributed by atoms with Crippen LogP contribution >= 0.6 is 0 Å². The number of esters is 2. The highest BCUT2D eigenvalue weighted by Gasteiger charge is 2.17. The lowest BCUT2D eigenvalue weighted by molar-refractivity contribution is -0.163. The van der Waals surface area contributed by atoms with Crippen LogP contribution < -0.4 is 0 Å². The van der Waals surface area contributed by atoms with Crippen LogP contribution in [0.15, 0.2) is 85.1 Å². The fourth-order valence-electron chi connectivity index (χ4n) is 7.00. The molecule has 0 amide bonds. The van der Waals surface area contributed by atoms with Crippen LogP contribution in [0.4, 0.5) is 0 Å². The highest BCUT2D eigenvalue weighted by atomic mass is 16.6. The highest BCUT2D eigenvalue weighted by Crippen LogP contribution is 2.13. The van der Waals surface area contributed by atoms with Crippen molar-refractivity contribution >= 4 is 11.9 Å². The van der Waals surface area contributed by atoms with Crippen LogP contribution in [0.25, 0.3) is 0 Å². The maximum Gasteiger partial charge on any atom is 0.306 e. The van der Waals surface area contributed by atoms with Crippen molar-refractivity contribution in [3.8, 4) is 0 Å². The summed E-state index contributed by atoms with van der Waals surface area (Å²) in [7, 11) is 0. The lowest BCUT2D eigenvalue weighted by Gasteiger charge is -2.18. The van der Waals surface area contributed by atoms with Gasteiger partial charge in [-0.3, -0.25) is 9.59 Å². The number of hydrogen-bond acceptors (Lipinski definition) is 5. The number of hydrogen-bond donors (Lipinski definition) is 0. The fourth-order valence-corrected chi connectivity index (χ4v) is 7.00. The highest BCUT2D eigenvalue weighted by molar-refractivity contribution is 5.70. The van der Waals surface area contributed by atoms with Crippen molar-refractivity contribution < 1.29 is 23.8 Å². The van der Waals surface area contributed by atoms with Crippen molar-refractivity contribution in [1.82, 2.24) is 0 Å². The summed E-state index contributed by atoms with van der Waals surface area (Å²) in [6.45, 7) is 7.61. The van der Waals surface area contributed by atoms with Gasteiger partial charge in [0.25, 0.3) is 0 Å². The molecule has 0 heterocycles. The zero-order chi connectivity index (χ0) is 44.9. The van der Waals surface area contributed by atoms with Crippen molar-refractivity contribution in [1.29, 1.82) is 0 Å². The van der Waals surface area contributed by atoms with Crippen LogP contribution in [0.5, 0.6) is 0 Å². The molecule has 62 heavy (non-hydrogen) atoms. The Kier molecular flexibility index (Phi) is 50.0. The van der Waals surface area contributed by atoms with Gasteiger partial charge in [0.1, 0.15) is 6.61 Å². The summed E-state index contributed by atoms with van der Waals surface area (Å²) in [6.07, 6.45) is 68.7. The van der Waals surface area contributed by atoms with Gasteiger partial charge in [-0.05, 0) is 116 Å². The van der Waals surface area contributed by atoms with E-state index in [0.717, 1.165) is 96.3 Å².